The van der Waals surface area contributed by atoms with Crippen LogP contribution in [0.1, 0.15) is 32.1 Å². The molecule has 1 aromatic rings. The Morgan fingerprint density at radius 3 is 2.31 bits per heavy atom. The van der Waals surface area contributed by atoms with Crippen molar-refractivity contribution in [2.45, 2.75) is 37.0 Å². The van der Waals surface area contributed by atoms with Crippen LogP contribution in [0, 0.1) is 0 Å². The van der Waals surface area contributed by atoms with E-state index in [9.17, 15) is 13.2 Å². The third-order valence-corrected chi connectivity index (χ3v) is 6.73. The van der Waals surface area contributed by atoms with Gasteiger partial charge in [-0.1, -0.05) is 25.3 Å². The van der Waals surface area contributed by atoms with Crippen molar-refractivity contribution >= 4 is 21.7 Å². The lowest BCUT2D eigenvalue weighted by molar-refractivity contribution is 0.0730. The van der Waals surface area contributed by atoms with Crippen molar-refractivity contribution in [2.75, 3.05) is 44.7 Å². The second kappa shape index (κ2) is 8.83. The van der Waals surface area contributed by atoms with Gasteiger partial charge in [-0.25, -0.2) is 13.2 Å². The molecule has 0 aliphatic carbocycles. The topological polar surface area (TPSA) is 79.0 Å². The number of sulfonamides is 1. The minimum Gasteiger partial charge on any atom is -0.379 e. The van der Waals surface area contributed by atoms with E-state index in [1.54, 1.807) is 18.2 Å². The molecule has 0 atom stereocenters. The van der Waals surface area contributed by atoms with E-state index in [2.05, 4.69) is 5.32 Å². The number of nitrogens with zero attached hydrogens (tertiary/aromatic N) is 2. The van der Waals surface area contributed by atoms with Crippen LogP contribution in [0.3, 0.4) is 0 Å². The van der Waals surface area contributed by atoms with Crippen molar-refractivity contribution < 1.29 is 17.9 Å². The molecule has 2 amide bonds. The van der Waals surface area contributed by atoms with Crippen molar-refractivity contribution in [1.29, 1.82) is 0 Å². The highest BCUT2D eigenvalue weighted by atomic mass is 32.2. The van der Waals surface area contributed by atoms with Crippen molar-refractivity contribution in [2.24, 2.45) is 0 Å². The Morgan fingerprint density at radius 1 is 0.962 bits per heavy atom. The molecule has 8 heteroatoms. The summed E-state index contributed by atoms with van der Waals surface area (Å²) in [4.78, 5) is 14.6. The molecule has 144 valence electrons. The van der Waals surface area contributed by atoms with E-state index in [1.807, 2.05) is 4.90 Å². The van der Waals surface area contributed by atoms with Crippen LogP contribution in [0.15, 0.2) is 29.2 Å². The Morgan fingerprint density at radius 2 is 1.62 bits per heavy atom. The molecule has 0 aromatic heterocycles. The van der Waals surface area contributed by atoms with E-state index in [0.29, 0.717) is 32.0 Å². The molecular formula is C18H27N3O4S. The highest BCUT2D eigenvalue weighted by Gasteiger charge is 2.26. The minimum absolute atomic E-state index is 0.159. The van der Waals surface area contributed by atoms with Crippen LogP contribution < -0.4 is 5.32 Å². The number of carbonyl (C=O) groups is 1. The van der Waals surface area contributed by atoms with Gasteiger partial charge in [-0.3, -0.25) is 0 Å². The van der Waals surface area contributed by atoms with Gasteiger partial charge in [0.1, 0.15) is 0 Å². The van der Waals surface area contributed by atoms with Gasteiger partial charge in [0, 0.05) is 31.9 Å². The predicted octanol–water partition coefficient (Wildman–Crippen LogP) is 2.51. The molecule has 2 fully saturated rings. The largest absolute Gasteiger partial charge is 0.379 e. The summed E-state index contributed by atoms with van der Waals surface area (Å²) < 4.78 is 32.2. The average molecular weight is 381 g/mol. The SMILES string of the molecule is O=C(Nc1cccc(S(=O)(=O)N2CCOCC2)c1)N1CCCCCCC1. The Balaban J connectivity index is 1.69. The number of anilines is 1. The number of likely N-dealkylation sites (tertiary alicyclic amines) is 1. The number of hydrogen-bond donors (Lipinski definition) is 1. The minimum atomic E-state index is -3.57. The summed E-state index contributed by atoms with van der Waals surface area (Å²) in [5.41, 5.74) is 0.506. The van der Waals surface area contributed by atoms with Gasteiger partial charge in [0.15, 0.2) is 0 Å². The fraction of sp³-hybridized carbons (Fsp3) is 0.611. The van der Waals surface area contributed by atoms with Crippen molar-refractivity contribution in [3.05, 3.63) is 24.3 Å². The normalized spacial score (nSPS) is 20.2. The molecule has 0 spiro atoms. The van der Waals surface area contributed by atoms with Crippen LogP contribution in [-0.4, -0.2) is 63.0 Å². The molecule has 26 heavy (non-hydrogen) atoms. The van der Waals surface area contributed by atoms with E-state index in [4.69, 9.17) is 4.74 Å². The Hall–Kier alpha value is -1.64. The third-order valence-electron chi connectivity index (χ3n) is 4.84. The predicted molar refractivity (Wildman–Crippen MR) is 99.7 cm³/mol. The smallest absolute Gasteiger partial charge is 0.321 e. The number of benzene rings is 1. The first kappa shape index (κ1) is 19.1. The molecule has 2 aliphatic rings. The second-order valence-corrected chi connectivity index (χ2v) is 8.67. The lowest BCUT2D eigenvalue weighted by atomic mass is 10.1. The summed E-state index contributed by atoms with van der Waals surface area (Å²) in [6.07, 6.45) is 5.56. The maximum absolute atomic E-state index is 12.8. The Labute approximate surface area is 155 Å². The lowest BCUT2D eigenvalue weighted by Gasteiger charge is -2.26. The van der Waals surface area contributed by atoms with E-state index in [-0.39, 0.29) is 10.9 Å². The zero-order valence-corrected chi connectivity index (χ0v) is 15.8. The second-order valence-electron chi connectivity index (χ2n) is 6.73. The highest BCUT2D eigenvalue weighted by Crippen LogP contribution is 2.21. The van der Waals surface area contributed by atoms with Crippen LogP contribution in [0.4, 0.5) is 10.5 Å². The van der Waals surface area contributed by atoms with Gasteiger partial charge in [0.05, 0.1) is 18.1 Å². The first-order valence-corrected chi connectivity index (χ1v) is 10.8. The monoisotopic (exact) mass is 381 g/mol. The van der Waals surface area contributed by atoms with Crippen molar-refractivity contribution in [3.63, 3.8) is 0 Å². The molecule has 0 saturated carbocycles. The number of morpholine rings is 1. The van der Waals surface area contributed by atoms with Gasteiger partial charge >= 0.3 is 6.03 Å². The summed E-state index contributed by atoms with van der Waals surface area (Å²) in [6, 6.07) is 6.33. The fourth-order valence-electron chi connectivity index (χ4n) is 3.32. The van der Waals surface area contributed by atoms with Gasteiger partial charge in [-0.15, -0.1) is 0 Å². The first-order valence-electron chi connectivity index (χ1n) is 9.31. The van der Waals surface area contributed by atoms with E-state index in [0.717, 1.165) is 38.8 Å². The lowest BCUT2D eigenvalue weighted by Crippen LogP contribution is -2.40. The molecule has 2 aliphatic heterocycles. The standard InChI is InChI=1S/C18H27N3O4S/c22-18(20-9-4-2-1-3-5-10-20)19-16-7-6-8-17(15-16)26(23,24)21-11-13-25-14-12-21/h6-8,15H,1-5,9-14H2,(H,19,22). The Kier molecular flexibility index (Phi) is 6.50. The first-order chi connectivity index (χ1) is 12.6. The summed E-state index contributed by atoms with van der Waals surface area (Å²) in [5, 5.41) is 2.85. The summed E-state index contributed by atoms with van der Waals surface area (Å²) in [7, 11) is -3.57. The Bertz CT molecular complexity index is 709. The molecule has 0 bridgehead atoms. The quantitative estimate of drug-likeness (QED) is 0.872. The average Bonchev–Trinajstić information content (AvgIpc) is 2.62. The summed E-state index contributed by atoms with van der Waals surface area (Å²) >= 11 is 0. The molecular weight excluding hydrogens is 354 g/mol. The van der Waals surface area contributed by atoms with E-state index >= 15 is 0 Å². The van der Waals surface area contributed by atoms with Crippen LogP contribution in [0.2, 0.25) is 0 Å². The summed E-state index contributed by atoms with van der Waals surface area (Å²) in [6.45, 7) is 3.02. The van der Waals surface area contributed by atoms with Crippen LogP contribution >= 0.6 is 0 Å². The summed E-state index contributed by atoms with van der Waals surface area (Å²) in [5.74, 6) is 0. The number of ether oxygens (including phenoxy) is 1. The maximum atomic E-state index is 12.8. The zero-order valence-electron chi connectivity index (χ0n) is 15.0. The highest BCUT2D eigenvalue weighted by molar-refractivity contribution is 7.89. The maximum Gasteiger partial charge on any atom is 0.321 e. The number of rotatable bonds is 3. The number of carbonyl (C=O) groups excluding carboxylic acids is 1. The van der Waals surface area contributed by atoms with Gasteiger partial charge < -0.3 is 15.0 Å². The van der Waals surface area contributed by atoms with Gasteiger partial charge in [0.25, 0.3) is 0 Å². The van der Waals surface area contributed by atoms with Crippen molar-refractivity contribution in [1.82, 2.24) is 9.21 Å². The molecule has 0 radical (unpaired) electrons. The van der Waals surface area contributed by atoms with Gasteiger partial charge in [0.2, 0.25) is 10.0 Å². The molecule has 2 saturated heterocycles. The van der Waals surface area contributed by atoms with Crippen molar-refractivity contribution in [3.8, 4) is 0 Å². The van der Waals surface area contributed by atoms with Gasteiger partial charge in [-0.05, 0) is 31.0 Å². The third kappa shape index (κ3) is 4.75. The molecule has 1 N–H and O–H groups in total. The van der Waals surface area contributed by atoms with Crippen LogP contribution in [0.5, 0.6) is 0 Å². The number of nitrogens with one attached hydrogen (secondary N) is 1. The van der Waals surface area contributed by atoms with E-state index in [1.165, 1.54) is 16.8 Å². The number of hydrogen-bond acceptors (Lipinski definition) is 4. The molecule has 7 nitrogen and oxygen atoms in total. The number of urea groups is 1. The fourth-order valence-corrected chi connectivity index (χ4v) is 4.78. The molecule has 2 heterocycles. The zero-order chi connectivity index (χ0) is 18.4. The molecule has 3 rings (SSSR count). The molecule has 1 aromatic carbocycles. The molecule has 0 unspecified atom stereocenters. The number of amides is 2. The van der Waals surface area contributed by atoms with E-state index < -0.39 is 10.0 Å². The van der Waals surface area contributed by atoms with Gasteiger partial charge in [-0.2, -0.15) is 4.31 Å². The van der Waals surface area contributed by atoms with Crippen LogP contribution in [-0.2, 0) is 14.8 Å². The van der Waals surface area contributed by atoms with Crippen LogP contribution in [0.25, 0.3) is 0 Å².